The van der Waals surface area contributed by atoms with Gasteiger partial charge in [-0.25, -0.2) is 4.39 Å². The van der Waals surface area contributed by atoms with Crippen LogP contribution in [0.5, 0.6) is 0 Å². The summed E-state index contributed by atoms with van der Waals surface area (Å²) >= 11 is 7.31. The van der Waals surface area contributed by atoms with Crippen LogP contribution in [0.1, 0.15) is 6.92 Å². The van der Waals surface area contributed by atoms with E-state index in [2.05, 4.69) is 15.5 Å². The molecule has 0 aliphatic rings. The second kappa shape index (κ2) is 8.26. The number of hydrogen-bond donors (Lipinski definition) is 1. The lowest BCUT2D eigenvalue weighted by Crippen LogP contribution is -2.14. The predicted octanol–water partition coefficient (Wildman–Crippen LogP) is 5.23. The van der Waals surface area contributed by atoms with Gasteiger partial charge in [-0.15, -0.1) is 10.2 Å². The van der Waals surface area contributed by atoms with Gasteiger partial charge in [0, 0.05) is 22.6 Å². The number of carbonyl (C=O) groups is 1. The first kappa shape index (κ1) is 19.5. The molecule has 2 aromatic heterocycles. The Morgan fingerprint density at radius 3 is 2.76 bits per heavy atom. The van der Waals surface area contributed by atoms with Crippen molar-refractivity contribution in [2.45, 2.75) is 18.6 Å². The van der Waals surface area contributed by atoms with Crippen LogP contribution in [-0.4, -0.2) is 26.4 Å². The first-order valence-corrected chi connectivity index (χ1v) is 10.2. The van der Waals surface area contributed by atoms with E-state index in [0.29, 0.717) is 39.6 Å². The van der Waals surface area contributed by atoms with Gasteiger partial charge in [-0.05, 0) is 55.5 Å². The fraction of sp³-hybridized carbons (Fsp3) is 0.150. The number of rotatable bonds is 6. The van der Waals surface area contributed by atoms with Gasteiger partial charge in [0.15, 0.2) is 10.9 Å². The average molecular weight is 431 g/mol. The Kier molecular flexibility index (Phi) is 5.55. The predicted molar refractivity (Wildman–Crippen MR) is 112 cm³/mol. The molecule has 0 unspecified atom stereocenters. The zero-order chi connectivity index (χ0) is 20.4. The largest absolute Gasteiger partial charge is 0.453 e. The maximum Gasteiger partial charge on any atom is 0.234 e. The summed E-state index contributed by atoms with van der Waals surface area (Å²) in [6, 6.07) is 12.9. The lowest BCUT2D eigenvalue weighted by Gasteiger charge is -2.07. The molecule has 0 aliphatic carbocycles. The van der Waals surface area contributed by atoms with Crippen LogP contribution in [0, 0.1) is 5.82 Å². The Bertz CT molecular complexity index is 1170. The maximum absolute atomic E-state index is 13.0. The highest BCUT2D eigenvalue weighted by atomic mass is 35.5. The van der Waals surface area contributed by atoms with Gasteiger partial charge in [0.2, 0.25) is 11.7 Å². The van der Waals surface area contributed by atoms with Crippen LogP contribution >= 0.6 is 23.4 Å². The third kappa shape index (κ3) is 4.28. The molecule has 0 bridgehead atoms. The molecule has 2 heterocycles. The van der Waals surface area contributed by atoms with Crippen molar-refractivity contribution in [2.75, 3.05) is 11.1 Å². The van der Waals surface area contributed by atoms with E-state index in [1.807, 2.05) is 29.7 Å². The van der Waals surface area contributed by atoms with E-state index >= 15 is 0 Å². The molecule has 0 aliphatic heterocycles. The monoisotopic (exact) mass is 430 g/mol. The number of amides is 1. The summed E-state index contributed by atoms with van der Waals surface area (Å²) in [7, 11) is 0. The normalized spacial score (nSPS) is 11.1. The van der Waals surface area contributed by atoms with Crippen molar-refractivity contribution in [3.8, 4) is 11.6 Å². The SMILES string of the molecule is CCn1c(SCC(=O)Nc2ccc(F)cc2)nnc1-c1cc2cc(Cl)ccc2o1. The standard InChI is InChI=1S/C20H16ClFN4O2S/c1-2-26-19(17-10-12-9-13(21)3-8-16(12)28-17)24-25-20(26)29-11-18(27)23-15-6-4-14(22)5-7-15/h3-10H,2,11H2,1H3,(H,23,27). The van der Waals surface area contributed by atoms with Gasteiger partial charge in [0.25, 0.3) is 0 Å². The molecular formula is C20H16ClFN4O2S. The van der Waals surface area contributed by atoms with Gasteiger partial charge in [-0.3, -0.25) is 9.36 Å². The zero-order valence-corrected chi connectivity index (χ0v) is 16.9. The van der Waals surface area contributed by atoms with Crippen molar-refractivity contribution in [3.05, 3.63) is 59.4 Å². The lowest BCUT2D eigenvalue weighted by molar-refractivity contribution is -0.113. The van der Waals surface area contributed by atoms with Crippen LogP contribution in [0.25, 0.3) is 22.6 Å². The molecule has 6 nitrogen and oxygen atoms in total. The highest BCUT2D eigenvalue weighted by molar-refractivity contribution is 7.99. The van der Waals surface area contributed by atoms with Gasteiger partial charge in [0.05, 0.1) is 5.75 Å². The highest BCUT2D eigenvalue weighted by Crippen LogP contribution is 2.30. The molecule has 148 valence electrons. The van der Waals surface area contributed by atoms with E-state index in [-0.39, 0.29) is 17.5 Å². The van der Waals surface area contributed by atoms with Gasteiger partial charge in [-0.2, -0.15) is 0 Å². The number of aromatic nitrogens is 3. The number of nitrogens with one attached hydrogen (secondary N) is 1. The van der Waals surface area contributed by atoms with E-state index in [0.717, 1.165) is 5.39 Å². The second-order valence-corrected chi connectivity index (χ2v) is 7.57. The highest BCUT2D eigenvalue weighted by Gasteiger charge is 2.18. The molecular weight excluding hydrogens is 415 g/mol. The first-order chi connectivity index (χ1) is 14.0. The van der Waals surface area contributed by atoms with Crippen LogP contribution in [0.15, 0.2) is 58.1 Å². The van der Waals surface area contributed by atoms with Crippen molar-refractivity contribution >= 4 is 45.9 Å². The zero-order valence-electron chi connectivity index (χ0n) is 15.4. The summed E-state index contributed by atoms with van der Waals surface area (Å²) in [4.78, 5) is 12.2. The molecule has 4 aromatic rings. The van der Waals surface area contributed by atoms with E-state index < -0.39 is 0 Å². The van der Waals surface area contributed by atoms with Crippen molar-refractivity contribution < 1.29 is 13.6 Å². The number of benzene rings is 2. The Hall–Kier alpha value is -2.84. The first-order valence-electron chi connectivity index (χ1n) is 8.84. The number of halogens is 2. The minimum Gasteiger partial charge on any atom is -0.453 e. The molecule has 0 spiro atoms. The Morgan fingerprint density at radius 2 is 2.00 bits per heavy atom. The number of fused-ring (bicyclic) bond motifs is 1. The Balaban J connectivity index is 1.49. The number of anilines is 1. The number of hydrogen-bond acceptors (Lipinski definition) is 5. The van der Waals surface area contributed by atoms with E-state index in [1.165, 1.54) is 36.0 Å². The molecule has 2 aromatic carbocycles. The van der Waals surface area contributed by atoms with Crippen LogP contribution in [-0.2, 0) is 11.3 Å². The summed E-state index contributed by atoms with van der Waals surface area (Å²) in [5.74, 6) is 0.743. The molecule has 0 fully saturated rings. The van der Waals surface area contributed by atoms with Crippen molar-refractivity contribution in [1.82, 2.24) is 14.8 Å². The molecule has 0 atom stereocenters. The molecule has 1 amide bonds. The third-order valence-electron chi connectivity index (χ3n) is 4.19. The molecule has 4 rings (SSSR count). The van der Waals surface area contributed by atoms with Crippen molar-refractivity contribution in [1.29, 1.82) is 0 Å². The number of nitrogens with zero attached hydrogens (tertiary/aromatic N) is 3. The quantitative estimate of drug-likeness (QED) is 0.424. The minimum atomic E-state index is -0.353. The summed E-state index contributed by atoms with van der Waals surface area (Å²) in [6.07, 6.45) is 0. The number of thioether (sulfide) groups is 1. The number of furan rings is 1. The van der Waals surface area contributed by atoms with Gasteiger partial charge in [0.1, 0.15) is 11.4 Å². The molecule has 9 heteroatoms. The topological polar surface area (TPSA) is 73.0 Å². The second-order valence-electron chi connectivity index (χ2n) is 6.19. The minimum absolute atomic E-state index is 0.144. The fourth-order valence-electron chi connectivity index (χ4n) is 2.85. The van der Waals surface area contributed by atoms with E-state index in [9.17, 15) is 9.18 Å². The van der Waals surface area contributed by atoms with Crippen molar-refractivity contribution in [2.24, 2.45) is 0 Å². The Labute approximate surface area is 175 Å². The summed E-state index contributed by atoms with van der Waals surface area (Å²) < 4.78 is 20.7. The third-order valence-corrected chi connectivity index (χ3v) is 5.39. The molecule has 0 radical (unpaired) electrons. The smallest absolute Gasteiger partial charge is 0.234 e. The van der Waals surface area contributed by atoms with Crippen LogP contribution in [0.3, 0.4) is 0 Å². The average Bonchev–Trinajstić information content (AvgIpc) is 3.31. The summed E-state index contributed by atoms with van der Waals surface area (Å²) in [5.41, 5.74) is 1.25. The van der Waals surface area contributed by atoms with E-state index in [1.54, 1.807) is 6.07 Å². The summed E-state index contributed by atoms with van der Waals surface area (Å²) in [5, 5.41) is 13.3. The van der Waals surface area contributed by atoms with E-state index in [4.69, 9.17) is 16.0 Å². The molecule has 0 saturated carbocycles. The fourth-order valence-corrected chi connectivity index (χ4v) is 3.83. The van der Waals surface area contributed by atoms with Gasteiger partial charge < -0.3 is 9.73 Å². The lowest BCUT2D eigenvalue weighted by atomic mass is 10.2. The molecule has 1 N–H and O–H groups in total. The van der Waals surface area contributed by atoms with Crippen molar-refractivity contribution in [3.63, 3.8) is 0 Å². The van der Waals surface area contributed by atoms with Gasteiger partial charge in [-0.1, -0.05) is 23.4 Å². The Morgan fingerprint density at radius 1 is 1.21 bits per heavy atom. The van der Waals surface area contributed by atoms with Crippen LogP contribution in [0.4, 0.5) is 10.1 Å². The molecule has 29 heavy (non-hydrogen) atoms. The maximum atomic E-state index is 13.0. The molecule has 0 saturated heterocycles. The van der Waals surface area contributed by atoms with Gasteiger partial charge >= 0.3 is 0 Å². The number of carbonyl (C=O) groups excluding carboxylic acids is 1. The summed E-state index contributed by atoms with van der Waals surface area (Å²) in [6.45, 7) is 2.58. The van der Waals surface area contributed by atoms with Crippen LogP contribution < -0.4 is 5.32 Å². The van der Waals surface area contributed by atoms with Crippen LogP contribution in [0.2, 0.25) is 5.02 Å².